The zero-order chi connectivity index (χ0) is 10.6. The van der Waals surface area contributed by atoms with Gasteiger partial charge in [0.15, 0.2) is 0 Å². The van der Waals surface area contributed by atoms with Gasteiger partial charge in [0.25, 0.3) is 0 Å². The second kappa shape index (κ2) is 4.83. The van der Waals surface area contributed by atoms with Crippen molar-refractivity contribution in [1.82, 2.24) is 0 Å². The molecule has 0 bridgehead atoms. The number of hydrogen-bond donors (Lipinski definition) is 1. The minimum atomic E-state index is -0.733. The van der Waals surface area contributed by atoms with Crippen LogP contribution in [0.4, 0.5) is 0 Å². The molecule has 0 spiro atoms. The van der Waals surface area contributed by atoms with Gasteiger partial charge in [-0.2, -0.15) is 0 Å². The zero-order valence-electron chi connectivity index (χ0n) is 7.96. The molecule has 0 saturated heterocycles. The van der Waals surface area contributed by atoms with Gasteiger partial charge >= 0.3 is 5.97 Å². The summed E-state index contributed by atoms with van der Waals surface area (Å²) >= 11 is 0. The molecule has 14 heavy (non-hydrogen) atoms. The number of aliphatic hydroxyl groups excluding tert-OH is 1. The minimum absolute atomic E-state index is 0.264. The average Bonchev–Trinajstić information content (AvgIpc) is 2.20. The van der Waals surface area contributed by atoms with Crippen molar-refractivity contribution in [2.75, 3.05) is 7.11 Å². The number of azide groups is 1. The number of aliphatic hydroxyl groups is 1. The molecule has 1 aliphatic rings. The lowest BCUT2D eigenvalue weighted by atomic mass is 9.84. The van der Waals surface area contributed by atoms with E-state index in [2.05, 4.69) is 14.8 Å². The van der Waals surface area contributed by atoms with Crippen LogP contribution in [0.15, 0.2) is 5.11 Å². The molecule has 0 aromatic rings. The van der Waals surface area contributed by atoms with E-state index in [0.717, 1.165) is 0 Å². The summed E-state index contributed by atoms with van der Waals surface area (Å²) in [5, 5.41) is 13.0. The van der Waals surface area contributed by atoms with Crippen LogP contribution in [0.25, 0.3) is 10.4 Å². The molecule has 1 aliphatic carbocycles. The molecule has 0 aromatic heterocycles. The molecule has 1 saturated carbocycles. The van der Waals surface area contributed by atoms with Crippen LogP contribution in [-0.4, -0.2) is 30.3 Å². The molecule has 3 atom stereocenters. The van der Waals surface area contributed by atoms with Gasteiger partial charge in [0.1, 0.15) is 0 Å². The van der Waals surface area contributed by atoms with Gasteiger partial charge < -0.3 is 9.84 Å². The van der Waals surface area contributed by atoms with Crippen molar-refractivity contribution >= 4 is 5.97 Å². The quantitative estimate of drug-likeness (QED) is 0.311. The largest absolute Gasteiger partial charge is 0.469 e. The van der Waals surface area contributed by atoms with Crippen LogP contribution in [0.3, 0.4) is 0 Å². The maximum atomic E-state index is 11.1. The molecule has 6 nitrogen and oxygen atoms in total. The van der Waals surface area contributed by atoms with Crippen LogP contribution in [0, 0.1) is 5.92 Å². The van der Waals surface area contributed by atoms with Gasteiger partial charge in [-0.3, -0.25) is 4.79 Å². The Morgan fingerprint density at radius 2 is 2.36 bits per heavy atom. The van der Waals surface area contributed by atoms with Gasteiger partial charge in [-0.25, -0.2) is 0 Å². The highest BCUT2D eigenvalue weighted by Crippen LogP contribution is 2.27. The van der Waals surface area contributed by atoms with Gasteiger partial charge in [0.05, 0.1) is 25.2 Å². The molecule has 0 aromatic carbocycles. The predicted octanol–water partition coefficient (Wildman–Crippen LogP) is 0.999. The van der Waals surface area contributed by atoms with Crippen molar-refractivity contribution < 1.29 is 14.6 Å². The highest BCUT2D eigenvalue weighted by atomic mass is 16.5. The molecule has 1 unspecified atom stereocenters. The number of methoxy groups -OCH3 is 1. The van der Waals surface area contributed by atoms with E-state index in [1.54, 1.807) is 0 Å². The molecule has 0 heterocycles. The molecule has 0 radical (unpaired) electrons. The molecule has 1 N–H and O–H groups in total. The first-order valence-corrected chi connectivity index (χ1v) is 4.49. The molecule has 0 amide bonds. The Morgan fingerprint density at radius 3 is 2.86 bits per heavy atom. The molecular weight excluding hydrogens is 186 g/mol. The summed E-state index contributed by atoms with van der Waals surface area (Å²) < 4.78 is 4.58. The average molecular weight is 199 g/mol. The topological polar surface area (TPSA) is 95.3 Å². The summed E-state index contributed by atoms with van der Waals surface area (Å²) in [6.45, 7) is 0. The summed E-state index contributed by atoms with van der Waals surface area (Å²) in [7, 11) is 1.33. The fraction of sp³-hybridized carbons (Fsp3) is 0.875. The number of rotatable bonds is 2. The second-order valence-corrected chi connectivity index (χ2v) is 3.37. The van der Waals surface area contributed by atoms with Gasteiger partial charge in [-0.15, -0.1) is 0 Å². The van der Waals surface area contributed by atoms with Crippen LogP contribution < -0.4 is 0 Å². The third kappa shape index (κ3) is 2.37. The molecular formula is C8H13N3O3. The first-order chi connectivity index (χ1) is 6.69. The van der Waals surface area contributed by atoms with Crippen molar-refractivity contribution in [3.63, 3.8) is 0 Å². The van der Waals surface area contributed by atoms with E-state index in [4.69, 9.17) is 5.53 Å². The van der Waals surface area contributed by atoms with Gasteiger partial charge in [0.2, 0.25) is 0 Å². The highest BCUT2D eigenvalue weighted by Gasteiger charge is 2.32. The van der Waals surface area contributed by atoms with Crippen LogP contribution >= 0.6 is 0 Å². The lowest BCUT2D eigenvalue weighted by Gasteiger charge is -2.28. The lowest BCUT2D eigenvalue weighted by Crippen LogP contribution is -2.35. The Balaban J connectivity index is 2.54. The van der Waals surface area contributed by atoms with E-state index in [1.807, 2.05) is 0 Å². The van der Waals surface area contributed by atoms with Gasteiger partial charge in [0, 0.05) is 4.91 Å². The normalized spacial score (nSPS) is 31.7. The Kier molecular flexibility index (Phi) is 3.73. The van der Waals surface area contributed by atoms with Crippen LogP contribution in [-0.2, 0) is 9.53 Å². The van der Waals surface area contributed by atoms with E-state index >= 15 is 0 Å². The predicted molar refractivity (Wildman–Crippen MR) is 48.3 cm³/mol. The number of nitrogens with zero attached hydrogens (tertiary/aromatic N) is 3. The maximum absolute atomic E-state index is 11.1. The lowest BCUT2D eigenvalue weighted by molar-refractivity contribution is -0.148. The van der Waals surface area contributed by atoms with E-state index in [-0.39, 0.29) is 11.9 Å². The van der Waals surface area contributed by atoms with Crippen molar-refractivity contribution in [3.05, 3.63) is 10.4 Å². The van der Waals surface area contributed by atoms with Crippen molar-refractivity contribution in [2.24, 2.45) is 11.0 Å². The maximum Gasteiger partial charge on any atom is 0.308 e. The highest BCUT2D eigenvalue weighted by molar-refractivity contribution is 5.72. The summed E-state index contributed by atoms with van der Waals surface area (Å²) in [4.78, 5) is 13.8. The van der Waals surface area contributed by atoms with Crippen molar-refractivity contribution in [1.29, 1.82) is 0 Å². The number of carbonyl (C=O) groups excluding carboxylic acids is 1. The minimum Gasteiger partial charge on any atom is -0.469 e. The fourth-order valence-electron chi connectivity index (χ4n) is 1.71. The Labute approximate surface area is 81.5 Å². The van der Waals surface area contributed by atoms with E-state index in [0.29, 0.717) is 19.3 Å². The number of esters is 1. The first kappa shape index (κ1) is 10.8. The molecule has 1 rings (SSSR count). The smallest absolute Gasteiger partial charge is 0.308 e. The number of hydrogen-bond acceptors (Lipinski definition) is 4. The SMILES string of the molecule is COC(=O)C1CC[C@H](N=[N+]=[N-])[C@@H](O)C1. The third-order valence-electron chi connectivity index (χ3n) is 2.52. The second-order valence-electron chi connectivity index (χ2n) is 3.37. The summed E-state index contributed by atoms with van der Waals surface area (Å²) in [5.41, 5.74) is 8.21. The van der Waals surface area contributed by atoms with Crippen molar-refractivity contribution in [3.8, 4) is 0 Å². The van der Waals surface area contributed by atoms with Crippen molar-refractivity contribution in [2.45, 2.75) is 31.4 Å². The molecule has 78 valence electrons. The van der Waals surface area contributed by atoms with Crippen LogP contribution in [0.5, 0.6) is 0 Å². The van der Waals surface area contributed by atoms with E-state index in [9.17, 15) is 9.90 Å². The number of ether oxygens (including phenoxy) is 1. The molecule has 0 aliphatic heterocycles. The molecule has 1 fully saturated rings. The Morgan fingerprint density at radius 1 is 1.64 bits per heavy atom. The summed E-state index contributed by atoms with van der Waals surface area (Å²) in [6, 6.07) is -0.402. The van der Waals surface area contributed by atoms with E-state index < -0.39 is 12.1 Å². The van der Waals surface area contributed by atoms with Crippen LogP contribution in [0.1, 0.15) is 19.3 Å². The first-order valence-electron chi connectivity index (χ1n) is 4.49. The molecule has 6 heteroatoms. The summed E-state index contributed by atoms with van der Waals surface area (Å²) in [6.07, 6.45) is 0.721. The van der Waals surface area contributed by atoms with Crippen LogP contribution in [0.2, 0.25) is 0 Å². The van der Waals surface area contributed by atoms with Gasteiger partial charge in [-0.05, 0) is 24.8 Å². The number of carbonyl (C=O) groups is 1. The Hall–Kier alpha value is -1.26. The Bertz CT molecular complexity index is 263. The third-order valence-corrected chi connectivity index (χ3v) is 2.52. The standard InChI is InChI=1S/C8H13N3O3/c1-14-8(13)5-2-3-6(10-11-9)7(12)4-5/h5-7,12H,2-4H2,1H3/t5?,6-,7-/m0/s1. The summed E-state index contributed by atoms with van der Waals surface area (Å²) in [5.74, 6) is -0.566. The zero-order valence-corrected chi connectivity index (χ0v) is 7.96. The van der Waals surface area contributed by atoms with Gasteiger partial charge in [-0.1, -0.05) is 5.11 Å². The van der Waals surface area contributed by atoms with E-state index in [1.165, 1.54) is 7.11 Å². The fourth-order valence-corrected chi connectivity index (χ4v) is 1.71. The monoisotopic (exact) mass is 199 g/mol.